The molecule has 110 valence electrons. The van der Waals surface area contributed by atoms with Crippen molar-refractivity contribution in [3.8, 4) is 11.8 Å². The van der Waals surface area contributed by atoms with Crippen LogP contribution in [0.3, 0.4) is 0 Å². The van der Waals surface area contributed by atoms with E-state index in [1.807, 2.05) is 24.3 Å². The van der Waals surface area contributed by atoms with Crippen LogP contribution in [0, 0.1) is 11.8 Å². The lowest BCUT2D eigenvalue weighted by Gasteiger charge is -2.05. The first kappa shape index (κ1) is 15.3. The summed E-state index contributed by atoms with van der Waals surface area (Å²) in [5.74, 6) is 5.67. The maximum Gasteiger partial charge on any atom is 0.259 e. The van der Waals surface area contributed by atoms with E-state index < -0.39 is 10.0 Å². The van der Waals surface area contributed by atoms with E-state index in [9.17, 15) is 8.42 Å². The summed E-state index contributed by atoms with van der Waals surface area (Å²) in [6.07, 6.45) is 2.89. The first-order valence-corrected chi connectivity index (χ1v) is 7.75. The molecule has 3 N–H and O–H groups in total. The van der Waals surface area contributed by atoms with E-state index in [4.69, 9.17) is 5.73 Å². The third-order valence-corrected chi connectivity index (χ3v) is 3.97. The highest BCUT2D eigenvalue weighted by molar-refractivity contribution is 7.89. The van der Waals surface area contributed by atoms with Crippen LogP contribution in [-0.4, -0.2) is 24.5 Å². The highest BCUT2D eigenvalue weighted by atomic mass is 32.2. The van der Waals surface area contributed by atoms with Gasteiger partial charge in [0.1, 0.15) is 0 Å². The van der Waals surface area contributed by atoms with Crippen molar-refractivity contribution in [1.29, 1.82) is 0 Å². The second-order valence-electron chi connectivity index (χ2n) is 4.41. The number of nitrogens with two attached hydrogens (primary N) is 1. The Balaban J connectivity index is 2.09. The molecule has 0 aliphatic heterocycles. The van der Waals surface area contributed by atoms with E-state index in [0.29, 0.717) is 0 Å². The quantitative estimate of drug-likeness (QED) is 0.790. The van der Waals surface area contributed by atoms with Gasteiger partial charge >= 0.3 is 0 Å². The van der Waals surface area contributed by atoms with Crippen LogP contribution in [0.1, 0.15) is 11.1 Å². The zero-order chi connectivity index (χ0) is 15.3. The molecule has 0 aliphatic carbocycles. The molecule has 0 saturated heterocycles. The Morgan fingerprint density at radius 2 is 2.24 bits per heavy atom. The maximum absolute atomic E-state index is 12.0. The minimum atomic E-state index is -3.61. The van der Waals surface area contributed by atoms with Crippen molar-refractivity contribution in [2.24, 2.45) is 12.8 Å². The molecule has 0 atom stereocenters. The Hall–Kier alpha value is -2.14. The monoisotopic (exact) mass is 304 g/mol. The van der Waals surface area contributed by atoms with Gasteiger partial charge in [-0.3, -0.25) is 0 Å². The Kier molecular flexibility index (Phi) is 4.75. The number of aromatic nitrogens is 2. The Morgan fingerprint density at radius 3 is 2.90 bits per heavy atom. The number of rotatable bonds is 4. The van der Waals surface area contributed by atoms with E-state index in [-0.39, 0.29) is 18.1 Å². The van der Waals surface area contributed by atoms with Crippen LogP contribution in [0.2, 0.25) is 0 Å². The van der Waals surface area contributed by atoms with Crippen molar-refractivity contribution in [2.75, 3.05) is 6.54 Å². The largest absolute Gasteiger partial charge is 0.339 e. The highest BCUT2D eigenvalue weighted by Gasteiger charge is 2.16. The molecule has 0 bridgehead atoms. The molecule has 0 fully saturated rings. The van der Waals surface area contributed by atoms with Crippen molar-refractivity contribution >= 4 is 10.0 Å². The van der Waals surface area contributed by atoms with Crippen molar-refractivity contribution in [2.45, 2.75) is 11.6 Å². The number of nitrogens with one attached hydrogen (secondary N) is 1. The Bertz CT molecular complexity index is 785. The lowest BCUT2D eigenvalue weighted by Crippen LogP contribution is -2.23. The highest BCUT2D eigenvalue weighted by Crippen LogP contribution is 2.08. The van der Waals surface area contributed by atoms with Crippen LogP contribution >= 0.6 is 0 Å². The van der Waals surface area contributed by atoms with Gasteiger partial charge < -0.3 is 10.3 Å². The van der Waals surface area contributed by atoms with Crippen LogP contribution in [0.25, 0.3) is 0 Å². The van der Waals surface area contributed by atoms with E-state index in [1.54, 1.807) is 11.6 Å². The molecule has 1 heterocycles. The van der Waals surface area contributed by atoms with Gasteiger partial charge in [-0.25, -0.2) is 18.1 Å². The van der Waals surface area contributed by atoms with Gasteiger partial charge in [0.05, 0.1) is 12.9 Å². The fraction of sp³-hybridized carbons (Fsp3) is 0.214. The number of hydrogen-bond donors (Lipinski definition) is 2. The molecule has 0 saturated carbocycles. The van der Waals surface area contributed by atoms with Gasteiger partial charge in [-0.15, -0.1) is 0 Å². The van der Waals surface area contributed by atoms with Gasteiger partial charge in [-0.05, 0) is 17.7 Å². The molecule has 0 unspecified atom stereocenters. The Labute approximate surface area is 124 Å². The molecular formula is C14H16N4O2S. The van der Waals surface area contributed by atoms with Gasteiger partial charge in [-0.1, -0.05) is 24.0 Å². The van der Waals surface area contributed by atoms with Gasteiger partial charge in [0.15, 0.2) is 5.03 Å². The van der Waals surface area contributed by atoms with Crippen molar-refractivity contribution in [3.63, 3.8) is 0 Å². The molecular weight excluding hydrogens is 288 g/mol. The first-order valence-electron chi connectivity index (χ1n) is 6.27. The maximum atomic E-state index is 12.0. The number of benzene rings is 1. The van der Waals surface area contributed by atoms with Crippen LogP contribution in [0.4, 0.5) is 0 Å². The van der Waals surface area contributed by atoms with Crippen LogP contribution < -0.4 is 10.5 Å². The molecule has 0 radical (unpaired) electrons. The number of imidazole rings is 1. The second kappa shape index (κ2) is 6.54. The molecule has 7 heteroatoms. The lowest BCUT2D eigenvalue weighted by atomic mass is 10.1. The summed E-state index contributed by atoms with van der Waals surface area (Å²) < 4.78 is 28.2. The molecule has 21 heavy (non-hydrogen) atoms. The lowest BCUT2D eigenvalue weighted by molar-refractivity contribution is 0.578. The summed E-state index contributed by atoms with van der Waals surface area (Å²) in [5, 5.41) is 0.00378. The second-order valence-corrected chi connectivity index (χ2v) is 6.12. The Morgan fingerprint density at radius 1 is 1.43 bits per heavy atom. The summed E-state index contributed by atoms with van der Waals surface area (Å²) in [6.45, 7) is 0.466. The summed E-state index contributed by atoms with van der Waals surface area (Å²) in [6, 6.07) is 7.32. The van der Waals surface area contributed by atoms with Crippen molar-refractivity contribution in [3.05, 3.63) is 47.9 Å². The predicted octanol–water partition coefficient (Wildman–Crippen LogP) is 0.209. The van der Waals surface area contributed by atoms with Crippen LogP contribution in [0.5, 0.6) is 0 Å². The van der Waals surface area contributed by atoms with Crippen molar-refractivity contribution in [1.82, 2.24) is 14.3 Å². The van der Waals surface area contributed by atoms with Gasteiger partial charge in [0.25, 0.3) is 10.0 Å². The smallest absolute Gasteiger partial charge is 0.259 e. The van der Waals surface area contributed by atoms with Gasteiger partial charge in [-0.2, -0.15) is 0 Å². The molecule has 0 aliphatic rings. The third kappa shape index (κ3) is 4.16. The molecule has 2 aromatic rings. The minimum absolute atomic E-state index is 0.00378. The summed E-state index contributed by atoms with van der Waals surface area (Å²) in [7, 11) is -1.89. The third-order valence-electron chi connectivity index (χ3n) is 2.68. The van der Waals surface area contributed by atoms with E-state index in [2.05, 4.69) is 21.5 Å². The molecule has 1 aromatic heterocycles. The average Bonchev–Trinajstić information content (AvgIpc) is 2.91. The summed E-state index contributed by atoms with van der Waals surface area (Å²) in [5.41, 5.74) is 6.94. The fourth-order valence-corrected chi connectivity index (χ4v) is 2.69. The van der Waals surface area contributed by atoms with Gasteiger partial charge in [0, 0.05) is 25.4 Å². The standard InChI is InChI=1S/C14H16N4O2S/c1-18-10-14(16-11-18)21(19,20)17-9-13-5-2-4-12(8-13)6-3-7-15/h2,4-5,8,10-11,17H,7,9,15H2,1H3. The number of sulfonamides is 1. The average molecular weight is 304 g/mol. The zero-order valence-electron chi connectivity index (χ0n) is 11.6. The summed E-state index contributed by atoms with van der Waals surface area (Å²) >= 11 is 0. The normalized spacial score (nSPS) is 11.0. The van der Waals surface area contributed by atoms with E-state index in [1.165, 1.54) is 12.5 Å². The topological polar surface area (TPSA) is 90.0 Å². The molecule has 1 aromatic carbocycles. The van der Waals surface area contributed by atoms with Crippen LogP contribution in [-0.2, 0) is 23.6 Å². The molecule has 0 amide bonds. The molecule has 6 nitrogen and oxygen atoms in total. The molecule has 0 spiro atoms. The first-order chi connectivity index (χ1) is 10.0. The van der Waals surface area contributed by atoms with Crippen molar-refractivity contribution < 1.29 is 8.42 Å². The van der Waals surface area contributed by atoms with Crippen LogP contribution in [0.15, 0.2) is 41.8 Å². The fourth-order valence-electron chi connectivity index (χ4n) is 1.69. The predicted molar refractivity (Wildman–Crippen MR) is 79.6 cm³/mol. The van der Waals surface area contributed by atoms with E-state index >= 15 is 0 Å². The molecule has 2 rings (SSSR count). The SMILES string of the molecule is Cn1cnc(S(=O)(=O)NCc2cccc(C#CCN)c2)c1. The minimum Gasteiger partial charge on any atom is -0.339 e. The zero-order valence-corrected chi connectivity index (χ0v) is 12.4. The van der Waals surface area contributed by atoms with E-state index in [0.717, 1.165) is 11.1 Å². The van der Waals surface area contributed by atoms with Gasteiger partial charge in [0.2, 0.25) is 0 Å². The summed E-state index contributed by atoms with van der Waals surface area (Å²) in [4.78, 5) is 3.83. The number of nitrogens with zero attached hydrogens (tertiary/aromatic N) is 2. The number of hydrogen-bond acceptors (Lipinski definition) is 4. The number of aryl methyl sites for hydroxylation is 1.